The first-order valence-electron chi connectivity index (χ1n) is 5.85. The molecule has 0 aliphatic carbocycles. The van der Waals surface area contributed by atoms with Gasteiger partial charge in [-0.3, -0.25) is 9.48 Å². The molecule has 0 aromatic carbocycles. The molecule has 2 rings (SSSR count). The fraction of sp³-hybridized carbons (Fsp3) is 0.667. The molecule has 1 aliphatic rings. The third-order valence-electron chi connectivity index (χ3n) is 3.56. The van der Waals surface area contributed by atoms with Crippen LogP contribution < -0.4 is 5.32 Å². The third-order valence-corrected chi connectivity index (χ3v) is 3.56. The summed E-state index contributed by atoms with van der Waals surface area (Å²) in [5, 5.41) is 7.47. The van der Waals surface area contributed by atoms with E-state index >= 15 is 0 Å². The molecule has 0 spiro atoms. The van der Waals surface area contributed by atoms with Crippen molar-refractivity contribution in [3.8, 4) is 0 Å². The Morgan fingerprint density at radius 1 is 1.62 bits per heavy atom. The van der Waals surface area contributed by atoms with Crippen LogP contribution in [-0.4, -0.2) is 21.2 Å². The smallest absolute Gasteiger partial charge is 0.220 e. The summed E-state index contributed by atoms with van der Waals surface area (Å²) < 4.78 is 1.84. The molecule has 1 aromatic rings. The Kier molecular flexibility index (Phi) is 2.74. The van der Waals surface area contributed by atoms with Crippen LogP contribution in [0.3, 0.4) is 0 Å². The van der Waals surface area contributed by atoms with Gasteiger partial charge in [0, 0.05) is 25.2 Å². The zero-order valence-corrected chi connectivity index (χ0v) is 10.2. The number of aryl methyl sites for hydroxylation is 2. The number of hydrogen-bond acceptors (Lipinski definition) is 2. The summed E-state index contributed by atoms with van der Waals surface area (Å²) in [4.78, 5) is 11.4. The predicted molar refractivity (Wildman–Crippen MR) is 62.0 cm³/mol. The molecule has 88 valence electrons. The van der Waals surface area contributed by atoms with Crippen molar-refractivity contribution in [2.45, 2.75) is 45.1 Å². The highest BCUT2D eigenvalue weighted by Crippen LogP contribution is 2.28. The maximum Gasteiger partial charge on any atom is 0.220 e. The summed E-state index contributed by atoms with van der Waals surface area (Å²) in [5.74, 6) is 0.184. The molecule has 1 aromatic heterocycles. The van der Waals surface area contributed by atoms with Crippen molar-refractivity contribution in [3.05, 3.63) is 17.5 Å². The Balaban J connectivity index is 2.19. The lowest BCUT2D eigenvalue weighted by molar-refractivity contribution is -0.119. The number of rotatable bonds is 3. The van der Waals surface area contributed by atoms with Crippen LogP contribution in [0.15, 0.2) is 6.20 Å². The first-order chi connectivity index (χ1) is 7.54. The fourth-order valence-corrected chi connectivity index (χ4v) is 2.48. The van der Waals surface area contributed by atoms with Gasteiger partial charge in [-0.05, 0) is 31.7 Å². The lowest BCUT2D eigenvalue weighted by Crippen LogP contribution is -2.43. The molecule has 0 radical (unpaired) electrons. The second-order valence-electron chi connectivity index (χ2n) is 4.77. The summed E-state index contributed by atoms with van der Waals surface area (Å²) in [6.45, 7) is 4.16. The Bertz CT molecular complexity index is 410. The van der Waals surface area contributed by atoms with Crippen molar-refractivity contribution < 1.29 is 4.79 Å². The zero-order chi connectivity index (χ0) is 11.8. The summed E-state index contributed by atoms with van der Waals surface area (Å²) in [6.07, 6.45) is 5.53. The Morgan fingerprint density at radius 2 is 2.38 bits per heavy atom. The van der Waals surface area contributed by atoms with Gasteiger partial charge in [0.1, 0.15) is 0 Å². The van der Waals surface area contributed by atoms with Crippen LogP contribution in [0.4, 0.5) is 0 Å². The van der Waals surface area contributed by atoms with E-state index in [0.717, 1.165) is 25.0 Å². The molecule has 1 amide bonds. The van der Waals surface area contributed by atoms with E-state index < -0.39 is 0 Å². The molecule has 4 nitrogen and oxygen atoms in total. The maximum atomic E-state index is 11.4. The highest BCUT2D eigenvalue weighted by molar-refractivity contribution is 5.79. The van der Waals surface area contributed by atoms with Crippen LogP contribution in [0, 0.1) is 6.92 Å². The molecule has 1 aliphatic heterocycles. The lowest BCUT2D eigenvalue weighted by atomic mass is 9.87. The predicted octanol–water partition coefficient (Wildman–Crippen LogP) is 1.33. The Hall–Kier alpha value is -1.32. The normalized spacial score (nSPS) is 24.8. The molecule has 0 bridgehead atoms. The SMILES string of the molecule is CCC1(Cc2cn(C)nc2C)CCC(=O)N1. The standard InChI is InChI=1S/C12H19N3O/c1-4-12(6-5-11(16)13-12)7-10-8-15(3)14-9(10)2/h8H,4-7H2,1-3H3,(H,13,16). The molecule has 1 fully saturated rings. The number of carbonyl (C=O) groups excluding carboxylic acids is 1. The minimum Gasteiger partial charge on any atom is -0.350 e. The van der Waals surface area contributed by atoms with Crippen molar-refractivity contribution in [3.63, 3.8) is 0 Å². The topological polar surface area (TPSA) is 46.9 Å². The minimum atomic E-state index is -0.0368. The Labute approximate surface area is 96.0 Å². The van der Waals surface area contributed by atoms with Crippen LogP contribution >= 0.6 is 0 Å². The van der Waals surface area contributed by atoms with Crippen LogP contribution in [0.1, 0.15) is 37.4 Å². The monoisotopic (exact) mass is 221 g/mol. The highest BCUT2D eigenvalue weighted by atomic mass is 16.2. The summed E-state index contributed by atoms with van der Waals surface area (Å²) in [7, 11) is 1.93. The first kappa shape index (κ1) is 11.2. The summed E-state index contributed by atoms with van der Waals surface area (Å²) in [6, 6.07) is 0. The van der Waals surface area contributed by atoms with Gasteiger partial charge in [-0.1, -0.05) is 6.92 Å². The van der Waals surface area contributed by atoms with E-state index in [9.17, 15) is 4.79 Å². The molecule has 16 heavy (non-hydrogen) atoms. The van der Waals surface area contributed by atoms with Crippen LogP contribution in [0.25, 0.3) is 0 Å². The lowest BCUT2D eigenvalue weighted by Gasteiger charge is -2.27. The number of amides is 1. The molecule has 1 unspecified atom stereocenters. The third kappa shape index (κ3) is 1.96. The van der Waals surface area contributed by atoms with Crippen LogP contribution in [-0.2, 0) is 18.3 Å². The second-order valence-corrected chi connectivity index (χ2v) is 4.77. The van der Waals surface area contributed by atoms with Crippen molar-refractivity contribution in [2.75, 3.05) is 0 Å². The molecule has 1 N–H and O–H groups in total. The van der Waals surface area contributed by atoms with E-state index in [1.54, 1.807) is 0 Å². The van der Waals surface area contributed by atoms with Gasteiger partial charge in [0.2, 0.25) is 5.91 Å². The van der Waals surface area contributed by atoms with Gasteiger partial charge in [-0.25, -0.2) is 0 Å². The van der Waals surface area contributed by atoms with E-state index in [-0.39, 0.29) is 11.4 Å². The number of nitrogens with zero attached hydrogens (tertiary/aromatic N) is 2. The largest absolute Gasteiger partial charge is 0.350 e. The van der Waals surface area contributed by atoms with Gasteiger partial charge in [0.25, 0.3) is 0 Å². The van der Waals surface area contributed by atoms with Gasteiger partial charge < -0.3 is 5.32 Å². The number of hydrogen-bond donors (Lipinski definition) is 1. The average molecular weight is 221 g/mol. The summed E-state index contributed by atoms with van der Waals surface area (Å²) in [5.41, 5.74) is 2.27. The van der Waals surface area contributed by atoms with Gasteiger partial charge in [-0.2, -0.15) is 5.10 Å². The van der Waals surface area contributed by atoms with Crippen molar-refractivity contribution in [1.29, 1.82) is 0 Å². The number of carbonyl (C=O) groups is 1. The maximum absolute atomic E-state index is 11.4. The van der Waals surface area contributed by atoms with Gasteiger partial charge in [0.05, 0.1) is 5.69 Å². The molecule has 0 saturated carbocycles. The molecule has 4 heteroatoms. The van der Waals surface area contributed by atoms with Gasteiger partial charge >= 0.3 is 0 Å². The molecule has 1 saturated heterocycles. The fourth-order valence-electron chi connectivity index (χ4n) is 2.48. The molecular formula is C12H19N3O. The van der Waals surface area contributed by atoms with E-state index in [0.29, 0.717) is 6.42 Å². The number of aromatic nitrogens is 2. The highest BCUT2D eigenvalue weighted by Gasteiger charge is 2.36. The van der Waals surface area contributed by atoms with E-state index in [4.69, 9.17) is 0 Å². The van der Waals surface area contributed by atoms with Crippen molar-refractivity contribution >= 4 is 5.91 Å². The first-order valence-corrected chi connectivity index (χ1v) is 5.85. The van der Waals surface area contributed by atoms with E-state index in [1.165, 1.54) is 5.56 Å². The quantitative estimate of drug-likeness (QED) is 0.837. The van der Waals surface area contributed by atoms with Gasteiger partial charge in [-0.15, -0.1) is 0 Å². The number of nitrogens with one attached hydrogen (secondary N) is 1. The van der Waals surface area contributed by atoms with Crippen LogP contribution in [0.2, 0.25) is 0 Å². The molecule has 1 atom stereocenters. The van der Waals surface area contributed by atoms with Gasteiger partial charge in [0.15, 0.2) is 0 Å². The van der Waals surface area contributed by atoms with E-state index in [2.05, 4.69) is 23.5 Å². The average Bonchev–Trinajstić information content (AvgIpc) is 2.73. The summed E-state index contributed by atoms with van der Waals surface area (Å²) >= 11 is 0. The molecular weight excluding hydrogens is 202 g/mol. The zero-order valence-electron chi connectivity index (χ0n) is 10.2. The van der Waals surface area contributed by atoms with Crippen molar-refractivity contribution in [2.24, 2.45) is 7.05 Å². The van der Waals surface area contributed by atoms with Crippen LogP contribution in [0.5, 0.6) is 0 Å². The van der Waals surface area contributed by atoms with Crippen molar-refractivity contribution in [1.82, 2.24) is 15.1 Å². The molecule has 2 heterocycles. The Morgan fingerprint density at radius 3 is 2.81 bits per heavy atom. The second kappa shape index (κ2) is 3.92. The van der Waals surface area contributed by atoms with E-state index in [1.807, 2.05) is 18.7 Å². The minimum absolute atomic E-state index is 0.0368.